The van der Waals surface area contributed by atoms with Gasteiger partial charge in [-0.1, -0.05) is 0 Å². The van der Waals surface area contributed by atoms with Gasteiger partial charge in [-0.25, -0.2) is 0 Å². The Kier molecular flexibility index (Phi) is 15600. The fraction of sp³-hybridized carbons (Fsp3) is 0. The molecule has 0 fully saturated rings. The van der Waals surface area contributed by atoms with Crippen LogP contribution in [0.15, 0.2) is 0 Å². The van der Waals surface area contributed by atoms with E-state index in [9.17, 15) is 0 Å². The summed E-state index contributed by atoms with van der Waals surface area (Å²) in [6, 6.07) is 0. The molecular formula is H5IrMnO5. The second-order valence-corrected chi connectivity index (χ2v) is 0. The maximum absolute atomic E-state index is 0. The molecule has 0 aromatic heterocycles. The van der Waals surface area contributed by atoms with E-state index < -0.39 is 0 Å². The maximum Gasteiger partial charge on any atom is 3.00 e. The first-order valence-electron chi connectivity index (χ1n) is 0. The van der Waals surface area contributed by atoms with Gasteiger partial charge in [-0.05, 0) is 0 Å². The van der Waals surface area contributed by atoms with Crippen molar-refractivity contribution in [2.75, 3.05) is 0 Å². The van der Waals surface area contributed by atoms with Crippen molar-refractivity contribution in [1.29, 1.82) is 0 Å². The second-order valence-electron chi connectivity index (χ2n) is 0. The molecule has 7 heteroatoms. The SMILES string of the molecule is [Ir+3].[Mn+2].[OH-].[OH-].[OH-].[OH-].[OH-]. The van der Waals surface area contributed by atoms with E-state index in [1.165, 1.54) is 0 Å². The van der Waals surface area contributed by atoms with Crippen LogP contribution in [0, 0.1) is 0 Å². The molecule has 0 aromatic rings. The molecule has 0 aliphatic carbocycles. The zero-order chi connectivity index (χ0) is 0. The molecule has 0 saturated carbocycles. The summed E-state index contributed by atoms with van der Waals surface area (Å²) in [5, 5.41) is 0. The van der Waals surface area contributed by atoms with Gasteiger partial charge in [0.2, 0.25) is 0 Å². The fourth-order valence-electron chi connectivity index (χ4n) is 0. The van der Waals surface area contributed by atoms with Crippen molar-refractivity contribution in [2.24, 2.45) is 0 Å². The van der Waals surface area contributed by atoms with E-state index in [1.54, 1.807) is 0 Å². The molecule has 0 spiro atoms. The standard InChI is InChI=1S/Ir.Mn.5H2O/h;;5*1H2/q+3;+2;;;;;/p-5. The van der Waals surface area contributed by atoms with Crippen LogP contribution < -0.4 is 0 Å². The van der Waals surface area contributed by atoms with Crippen molar-refractivity contribution < 1.29 is 64.6 Å². The molecule has 7 heavy (non-hydrogen) atoms. The van der Waals surface area contributed by atoms with Gasteiger partial charge in [0.15, 0.2) is 0 Å². The first kappa shape index (κ1) is 412. The van der Waals surface area contributed by atoms with Gasteiger partial charge in [0.05, 0.1) is 0 Å². The maximum atomic E-state index is 0. The smallest absolute Gasteiger partial charge is 0.870 e. The van der Waals surface area contributed by atoms with Crippen molar-refractivity contribution in [3.63, 3.8) is 0 Å². The molecule has 0 aliphatic heterocycles. The van der Waals surface area contributed by atoms with Crippen LogP contribution in [0.1, 0.15) is 0 Å². The van der Waals surface area contributed by atoms with Crippen molar-refractivity contribution in [3.8, 4) is 0 Å². The number of hydrogen-bond acceptors (Lipinski definition) is 5. The van der Waals surface area contributed by atoms with Gasteiger partial charge < -0.3 is 27.4 Å². The normalized spacial score (nSPS) is 0. The van der Waals surface area contributed by atoms with E-state index in [4.69, 9.17) is 0 Å². The van der Waals surface area contributed by atoms with Crippen LogP contribution in [-0.2, 0) is 37.2 Å². The summed E-state index contributed by atoms with van der Waals surface area (Å²) in [5.74, 6) is 0. The first-order valence-corrected chi connectivity index (χ1v) is 0. The van der Waals surface area contributed by atoms with Crippen molar-refractivity contribution >= 4 is 0 Å². The Bertz CT molecular complexity index is 8.04. The molecule has 0 bridgehead atoms. The molecule has 1 radical (unpaired) electrons. The van der Waals surface area contributed by atoms with E-state index in [0.29, 0.717) is 0 Å². The number of rotatable bonds is 0. The molecule has 0 aliphatic rings. The Labute approximate surface area is 64.8 Å². The topological polar surface area (TPSA) is 150 Å². The van der Waals surface area contributed by atoms with Gasteiger partial charge in [-0.15, -0.1) is 0 Å². The van der Waals surface area contributed by atoms with Crippen LogP contribution in [0.4, 0.5) is 0 Å². The third kappa shape index (κ3) is 183. The Balaban J connectivity index is 0. The van der Waals surface area contributed by atoms with E-state index in [0.717, 1.165) is 0 Å². The summed E-state index contributed by atoms with van der Waals surface area (Å²) < 4.78 is 0. The molecule has 0 unspecified atom stereocenters. The van der Waals surface area contributed by atoms with E-state index in [-0.39, 0.29) is 64.6 Å². The Morgan fingerprint density at radius 2 is 0.429 bits per heavy atom. The minimum absolute atomic E-state index is 0. The molecule has 0 saturated heterocycles. The first-order chi connectivity index (χ1) is 0. The summed E-state index contributed by atoms with van der Waals surface area (Å²) in [6.07, 6.45) is 0. The monoisotopic (exact) mass is 333 g/mol. The summed E-state index contributed by atoms with van der Waals surface area (Å²) in [6.45, 7) is 0. The fourth-order valence-corrected chi connectivity index (χ4v) is 0. The van der Waals surface area contributed by atoms with E-state index >= 15 is 0 Å². The molecule has 0 atom stereocenters. The summed E-state index contributed by atoms with van der Waals surface area (Å²) in [7, 11) is 0. The van der Waals surface area contributed by atoms with Crippen molar-refractivity contribution in [3.05, 3.63) is 0 Å². The van der Waals surface area contributed by atoms with Gasteiger partial charge in [0, 0.05) is 0 Å². The molecular weight excluding hydrogens is 327 g/mol. The average molecular weight is 332 g/mol. The van der Waals surface area contributed by atoms with Crippen LogP contribution in [0.5, 0.6) is 0 Å². The number of hydrogen-bond donors (Lipinski definition) is 0. The minimum atomic E-state index is 0. The summed E-state index contributed by atoms with van der Waals surface area (Å²) in [5.41, 5.74) is 0. The van der Waals surface area contributed by atoms with Gasteiger partial charge in [0.25, 0.3) is 0 Å². The third-order valence-corrected chi connectivity index (χ3v) is 0. The van der Waals surface area contributed by atoms with Gasteiger partial charge in [-0.3, -0.25) is 0 Å². The molecule has 0 aromatic carbocycles. The van der Waals surface area contributed by atoms with Gasteiger partial charge >= 0.3 is 37.2 Å². The predicted molar refractivity (Wildman–Crippen MR) is 9.68 cm³/mol. The molecule has 51 valence electrons. The largest absolute Gasteiger partial charge is 3.00 e. The Hall–Kier alpha value is 0.969. The Morgan fingerprint density at radius 3 is 0.429 bits per heavy atom. The van der Waals surface area contributed by atoms with Crippen LogP contribution in [0.25, 0.3) is 0 Å². The van der Waals surface area contributed by atoms with E-state index in [1.807, 2.05) is 0 Å². The van der Waals surface area contributed by atoms with Crippen LogP contribution in [-0.4, -0.2) is 27.4 Å². The molecule has 0 heterocycles. The summed E-state index contributed by atoms with van der Waals surface area (Å²) >= 11 is 0. The van der Waals surface area contributed by atoms with Crippen molar-refractivity contribution in [1.82, 2.24) is 0 Å². The molecule has 0 rings (SSSR count). The van der Waals surface area contributed by atoms with E-state index in [2.05, 4.69) is 0 Å². The average Bonchev–Trinajstić information content (AvgIpc) is 0. The second kappa shape index (κ2) is 265. The predicted octanol–water partition coefficient (Wildman–Crippen LogP) is -0.889. The minimum Gasteiger partial charge on any atom is -0.870 e. The van der Waals surface area contributed by atoms with Crippen LogP contribution in [0.2, 0.25) is 0 Å². The Morgan fingerprint density at radius 1 is 0.429 bits per heavy atom. The van der Waals surface area contributed by atoms with Gasteiger partial charge in [0.1, 0.15) is 0 Å². The van der Waals surface area contributed by atoms with Crippen molar-refractivity contribution in [2.45, 2.75) is 0 Å². The summed E-state index contributed by atoms with van der Waals surface area (Å²) in [4.78, 5) is 0. The zero-order valence-corrected chi connectivity index (χ0v) is 6.52. The van der Waals surface area contributed by atoms with Gasteiger partial charge in [-0.2, -0.15) is 0 Å². The molecule has 0 amide bonds. The quantitative estimate of drug-likeness (QED) is 0.527. The molecule has 5 nitrogen and oxygen atoms in total. The molecule has 5 N–H and O–H groups in total. The van der Waals surface area contributed by atoms with Crippen LogP contribution >= 0.6 is 0 Å². The zero-order valence-electron chi connectivity index (χ0n) is 2.95. The third-order valence-electron chi connectivity index (χ3n) is 0. The van der Waals surface area contributed by atoms with Crippen LogP contribution in [0.3, 0.4) is 0 Å².